The SMILES string of the molecule is Cn1nc(C2CC2)cc1NC(=O)Cc1ccc(F)cc1. The molecule has 0 unspecified atom stereocenters. The Morgan fingerprint density at radius 1 is 1.40 bits per heavy atom. The van der Waals surface area contributed by atoms with Crippen molar-refractivity contribution in [3.63, 3.8) is 0 Å². The molecule has 0 aliphatic heterocycles. The Kier molecular flexibility index (Phi) is 3.26. The summed E-state index contributed by atoms with van der Waals surface area (Å²) in [5.74, 6) is 0.847. The van der Waals surface area contributed by atoms with E-state index in [1.165, 1.54) is 25.0 Å². The molecule has 1 fully saturated rings. The second-order valence-electron chi connectivity index (χ2n) is 5.20. The van der Waals surface area contributed by atoms with Crippen LogP contribution in [0, 0.1) is 5.82 Å². The first-order valence-electron chi connectivity index (χ1n) is 6.70. The Labute approximate surface area is 116 Å². The normalized spacial score (nSPS) is 14.3. The Balaban J connectivity index is 1.64. The smallest absolute Gasteiger partial charge is 0.229 e. The number of benzene rings is 1. The molecule has 1 N–H and O–H groups in total. The maximum atomic E-state index is 12.8. The first-order chi connectivity index (χ1) is 9.61. The number of carbonyl (C=O) groups is 1. The van der Waals surface area contributed by atoms with Crippen LogP contribution in [0.2, 0.25) is 0 Å². The summed E-state index contributed by atoms with van der Waals surface area (Å²) in [5.41, 5.74) is 1.83. The lowest BCUT2D eigenvalue weighted by Gasteiger charge is -2.05. The zero-order valence-electron chi connectivity index (χ0n) is 11.3. The average Bonchev–Trinajstić information content (AvgIpc) is 3.19. The predicted molar refractivity (Wildman–Crippen MR) is 73.9 cm³/mol. The predicted octanol–water partition coefficient (Wildman–Crippen LogP) is 2.62. The van der Waals surface area contributed by atoms with Crippen LogP contribution in [-0.4, -0.2) is 15.7 Å². The molecule has 2 aromatic rings. The van der Waals surface area contributed by atoms with Crippen molar-refractivity contribution in [1.82, 2.24) is 9.78 Å². The molecular weight excluding hydrogens is 257 g/mol. The Bertz CT molecular complexity index is 629. The molecule has 1 aliphatic carbocycles. The van der Waals surface area contributed by atoms with E-state index in [4.69, 9.17) is 0 Å². The summed E-state index contributed by atoms with van der Waals surface area (Å²) in [6, 6.07) is 7.89. The van der Waals surface area contributed by atoms with E-state index in [-0.39, 0.29) is 18.1 Å². The third kappa shape index (κ3) is 2.87. The molecule has 1 saturated carbocycles. The molecule has 0 radical (unpaired) electrons. The quantitative estimate of drug-likeness (QED) is 0.930. The van der Waals surface area contributed by atoms with Gasteiger partial charge in [-0.2, -0.15) is 5.10 Å². The molecule has 0 atom stereocenters. The molecule has 0 bridgehead atoms. The van der Waals surface area contributed by atoms with E-state index in [0.29, 0.717) is 11.7 Å². The van der Waals surface area contributed by atoms with Crippen molar-refractivity contribution in [3.8, 4) is 0 Å². The second-order valence-corrected chi connectivity index (χ2v) is 5.20. The van der Waals surface area contributed by atoms with E-state index in [1.54, 1.807) is 16.8 Å². The van der Waals surface area contributed by atoms with E-state index in [2.05, 4.69) is 10.4 Å². The Hall–Kier alpha value is -2.17. The third-order valence-electron chi connectivity index (χ3n) is 3.44. The van der Waals surface area contributed by atoms with Crippen LogP contribution >= 0.6 is 0 Å². The maximum Gasteiger partial charge on any atom is 0.229 e. The zero-order valence-corrected chi connectivity index (χ0v) is 11.3. The molecule has 20 heavy (non-hydrogen) atoms. The van der Waals surface area contributed by atoms with Gasteiger partial charge in [0.2, 0.25) is 5.91 Å². The van der Waals surface area contributed by atoms with Crippen LogP contribution in [0.15, 0.2) is 30.3 Å². The highest BCUT2D eigenvalue weighted by Gasteiger charge is 2.27. The number of hydrogen-bond acceptors (Lipinski definition) is 2. The fourth-order valence-corrected chi connectivity index (χ4v) is 2.16. The molecule has 1 aromatic carbocycles. The number of halogens is 1. The molecule has 1 amide bonds. The summed E-state index contributed by atoms with van der Waals surface area (Å²) in [6.45, 7) is 0. The maximum absolute atomic E-state index is 12.8. The summed E-state index contributed by atoms with van der Waals surface area (Å²) in [7, 11) is 1.82. The number of hydrogen-bond donors (Lipinski definition) is 1. The van der Waals surface area contributed by atoms with Crippen LogP contribution in [0.1, 0.15) is 30.0 Å². The van der Waals surface area contributed by atoms with E-state index in [1.807, 2.05) is 13.1 Å². The van der Waals surface area contributed by atoms with E-state index >= 15 is 0 Å². The Morgan fingerprint density at radius 2 is 2.10 bits per heavy atom. The monoisotopic (exact) mass is 273 g/mol. The van der Waals surface area contributed by atoms with Gasteiger partial charge in [-0.15, -0.1) is 0 Å². The lowest BCUT2D eigenvalue weighted by molar-refractivity contribution is -0.115. The molecule has 1 aliphatic rings. The fourth-order valence-electron chi connectivity index (χ4n) is 2.16. The van der Waals surface area contributed by atoms with Gasteiger partial charge in [0.15, 0.2) is 0 Å². The first-order valence-corrected chi connectivity index (χ1v) is 6.70. The Morgan fingerprint density at radius 3 is 2.75 bits per heavy atom. The van der Waals surface area contributed by atoms with Crippen molar-refractivity contribution in [1.29, 1.82) is 0 Å². The lowest BCUT2D eigenvalue weighted by Crippen LogP contribution is -2.16. The van der Waals surface area contributed by atoms with Crippen LogP contribution in [0.25, 0.3) is 0 Å². The van der Waals surface area contributed by atoms with Crippen LogP contribution in [-0.2, 0) is 18.3 Å². The van der Waals surface area contributed by atoms with Gasteiger partial charge < -0.3 is 5.32 Å². The van der Waals surface area contributed by atoms with Gasteiger partial charge in [0.1, 0.15) is 11.6 Å². The first kappa shape index (κ1) is 12.8. The molecule has 1 aromatic heterocycles. The molecule has 3 rings (SSSR count). The van der Waals surface area contributed by atoms with E-state index < -0.39 is 0 Å². The minimum absolute atomic E-state index is 0.123. The largest absolute Gasteiger partial charge is 0.311 e. The number of rotatable bonds is 4. The van der Waals surface area contributed by atoms with Crippen molar-refractivity contribution in [2.24, 2.45) is 7.05 Å². The second kappa shape index (κ2) is 5.07. The number of nitrogens with zero attached hydrogens (tertiary/aromatic N) is 2. The third-order valence-corrected chi connectivity index (χ3v) is 3.44. The van der Waals surface area contributed by atoms with Crippen molar-refractivity contribution >= 4 is 11.7 Å². The van der Waals surface area contributed by atoms with Crippen LogP contribution in [0.5, 0.6) is 0 Å². The minimum atomic E-state index is -0.296. The lowest BCUT2D eigenvalue weighted by atomic mass is 10.1. The van der Waals surface area contributed by atoms with Gasteiger partial charge in [-0.1, -0.05) is 12.1 Å². The van der Waals surface area contributed by atoms with Crippen molar-refractivity contribution in [2.45, 2.75) is 25.2 Å². The molecule has 4 nitrogen and oxygen atoms in total. The van der Waals surface area contributed by atoms with E-state index in [0.717, 1.165) is 11.3 Å². The number of aromatic nitrogens is 2. The van der Waals surface area contributed by atoms with Gasteiger partial charge in [0.05, 0.1) is 12.1 Å². The van der Waals surface area contributed by atoms with Crippen molar-refractivity contribution < 1.29 is 9.18 Å². The molecular formula is C15H16FN3O. The van der Waals surface area contributed by atoms with Crippen LogP contribution in [0.3, 0.4) is 0 Å². The van der Waals surface area contributed by atoms with Crippen LogP contribution in [0.4, 0.5) is 10.2 Å². The fraction of sp³-hybridized carbons (Fsp3) is 0.333. The van der Waals surface area contributed by atoms with Crippen LogP contribution < -0.4 is 5.32 Å². The number of aryl methyl sites for hydroxylation is 1. The van der Waals surface area contributed by atoms with Crippen molar-refractivity contribution in [3.05, 3.63) is 47.4 Å². The summed E-state index contributed by atoms with van der Waals surface area (Å²) < 4.78 is 14.5. The van der Waals surface area contributed by atoms with Gasteiger partial charge in [-0.05, 0) is 30.5 Å². The molecule has 104 valence electrons. The van der Waals surface area contributed by atoms with Gasteiger partial charge in [0, 0.05) is 19.0 Å². The summed E-state index contributed by atoms with van der Waals surface area (Å²) in [4.78, 5) is 12.0. The van der Waals surface area contributed by atoms with Crippen molar-refractivity contribution in [2.75, 3.05) is 5.32 Å². The topological polar surface area (TPSA) is 46.9 Å². The molecule has 5 heteroatoms. The minimum Gasteiger partial charge on any atom is -0.311 e. The highest BCUT2D eigenvalue weighted by Crippen LogP contribution is 2.39. The number of carbonyl (C=O) groups excluding carboxylic acids is 1. The van der Waals surface area contributed by atoms with E-state index in [9.17, 15) is 9.18 Å². The standard InChI is InChI=1S/C15H16FN3O/c1-19-14(9-13(18-19)11-4-5-11)17-15(20)8-10-2-6-12(16)7-3-10/h2-3,6-7,9,11H,4-5,8H2,1H3,(H,17,20). The van der Waals surface area contributed by atoms with Gasteiger partial charge in [-0.3, -0.25) is 9.48 Å². The highest BCUT2D eigenvalue weighted by atomic mass is 19.1. The highest BCUT2D eigenvalue weighted by molar-refractivity contribution is 5.91. The molecule has 0 saturated heterocycles. The summed E-state index contributed by atoms with van der Waals surface area (Å²) in [5, 5.41) is 7.24. The molecule has 1 heterocycles. The van der Waals surface area contributed by atoms with Gasteiger partial charge in [-0.25, -0.2) is 4.39 Å². The summed E-state index contributed by atoms with van der Waals surface area (Å²) >= 11 is 0. The number of amides is 1. The zero-order chi connectivity index (χ0) is 14.1. The molecule has 0 spiro atoms. The van der Waals surface area contributed by atoms with Gasteiger partial charge in [0.25, 0.3) is 0 Å². The number of anilines is 1. The average molecular weight is 273 g/mol. The van der Waals surface area contributed by atoms with Gasteiger partial charge >= 0.3 is 0 Å². The summed E-state index contributed by atoms with van der Waals surface area (Å²) in [6.07, 6.45) is 2.59. The number of nitrogens with one attached hydrogen (secondary N) is 1.